The summed E-state index contributed by atoms with van der Waals surface area (Å²) in [5.41, 5.74) is 2.27. The summed E-state index contributed by atoms with van der Waals surface area (Å²) in [6.45, 7) is 1.64. The summed E-state index contributed by atoms with van der Waals surface area (Å²) in [4.78, 5) is 4.96. The van der Waals surface area contributed by atoms with E-state index in [4.69, 9.17) is 0 Å². The second-order valence-electron chi connectivity index (χ2n) is 4.11. The van der Waals surface area contributed by atoms with Crippen molar-refractivity contribution in [1.82, 2.24) is 10.3 Å². The largest absolute Gasteiger partial charge is 0.313 e. The number of aryl methyl sites for hydroxylation is 1. The minimum absolute atomic E-state index is 0.103. The molecular weight excluding hydrogens is 254 g/mol. The summed E-state index contributed by atoms with van der Waals surface area (Å²) in [6.07, 6.45) is 2.25. The van der Waals surface area contributed by atoms with Crippen LogP contribution in [0.5, 0.6) is 0 Å². The van der Waals surface area contributed by atoms with E-state index in [1.165, 1.54) is 23.5 Å². The van der Waals surface area contributed by atoms with Crippen molar-refractivity contribution >= 4 is 11.3 Å². The summed E-state index contributed by atoms with van der Waals surface area (Å²) in [7, 11) is 1.70. The zero-order valence-corrected chi connectivity index (χ0v) is 11.0. The number of hydrogen-bond donors (Lipinski definition) is 1. The van der Waals surface area contributed by atoms with Crippen LogP contribution in [-0.4, -0.2) is 12.0 Å². The lowest BCUT2D eigenvalue weighted by molar-refractivity contribution is 0.487. The number of aromatic nitrogens is 1. The molecule has 0 aliphatic carbocycles. The van der Waals surface area contributed by atoms with Gasteiger partial charge in [-0.1, -0.05) is 6.07 Å². The van der Waals surface area contributed by atoms with Crippen LogP contribution in [0.2, 0.25) is 0 Å². The third-order valence-corrected chi connectivity index (χ3v) is 3.71. The van der Waals surface area contributed by atoms with Crippen LogP contribution in [0.4, 0.5) is 8.78 Å². The first kappa shape index (κ1) is 13.1. The van der Waals surface area contributed by atoms with Crippen LogP contribution >= 0.6 is 11.3 Å². The molecular formula is C13H14F2N2S. The summed E-state index contributed by atoms with van der Waals surface area (Å²) in [6, 6.07) is 2.38. The molecule has 18 heavy (non-hydrogen) atoms. The highest BCUT2D eigenvalue weighted by Gasteiger charge is 2.21. The van der Waals surface area contributed by atoms with Crippen LogP contribution in [0.1, 0.15) is 22.0 Å². The highest BCUT2D eigenvalue weighted by atomic mass is 32.1. The standard InChI is InChI=1S/C13H14F2N2S/c1-8-3-4-10(14)12(13(8)15)11(16-2)5-9-6-17-7-18-9/h3-4,6-7,11,16H,5H2,1-2H3. The van der Waals surface area contributed by atoms with Gasteiger partial charge in [-0.25, -0.2) is 8.78 Å². The second-order valence-corrected chi connectivity index (χ2v) is 5.08. The van der Waals surface area contributed by atoms with Crippen LogP contribution in [0.15, 0.2) is 23.8 Å². The lowest BCUT2D eigenvalue weighted by Gasteiger charge is -2.18. The SMILES string of the molecule is CNC(Cc1cncs1)c1c(F)ccc(C)c1F. The zero-order valence-electron chi connectivity index (χ0n) is 10.2. The van der Waals surface area contributed by atoms with E-state index in [1.807, 2.05) is 0 Å². The number of thiazole rings is 1. The Bertz CT molecular complexity index is 526. The van der Waals surface area contributed by atoms with Crippen LogP contribution in [0.3, 0.4) is 0 Å². The van der Waals surface area contributed by atoms with Gasteiger partial charge in [0.2, 0.25) is 0 Å². The van der Waals surface area contributed by atoms with E-state index in [-0.39, 0.29) is 11.6 Å². The molecule has 1 aromatic heterocycles. The predicted molar refractivity (Wildman–Crippen MR) is 68.7 cm³/mol. The first-order valence-corrected chi connectivity index (χ1v) is 6.50. The van der Waals surface area contributed by atoms with Gasteiger partial charge in [0.05, 0.1) is 5.51 Å². The third-order valence-electron chi connectivity index (χ3n) is 2.91. The molecule has 2 nitrogen and oxygen atoms in total. The van der Waals surface area contributed by atoms with Crippen molar-refractivity contribution in [1.29, 1.82) is 0 Å². The van der Waals surface area contributed by atoms with Gasteiger partial charge in [0.15, 0.2) is 0 Å². The summed E-state index contributed by atoms with van der Waals surface area (Å²) >= 11 is 1.48. The Morgan fingerprint density at radius 2 is 2.17 bits per heavy atom. The highest BCUT2D eigenvalue weighted by molar-refractivity contribution is 7.09. The van der Waals surface area contributed by atoms with E-state index in [0.29, 0.717) is 12.0 Å². The fourth-order valence-electron chi connectivity index (χ4n) is 1.89. The van der Waals surface area contributed by atoms with Crippen molar-refractivity contribution < 1.29 is 8.78 Å². The lowest BCUT2D eigenvalue weighted by Crippen LogP contribution is -2.21. The molecule has 0 spiro atoms. The van der Waals surface area contributed by atoms with Gasteiger partial charge in [-0.15, -0.1) is 11.3 Å². The van der Waals surface area contributed by atoms with Gasteiger partial charge in [0, 0.05) is 29.1 Å². The number of hydrogen-bond acceptors (Lipinski definition) is 3. The molecule has 0 fully saturated rings. The molecule has 2 rings (SSSR count). The van der Waals surface area contributed by atoms with E-state index in [1.54, 1.807) is 25.7 Å². The second kappa shape index (κ2) is 5.54. The Hall–Kier alpha value is -1.33. The van der Waals surface area contributed by atoms with Gasteiger partial charge in [0.1, 0.15) is 11.6 Å². The molecule has 0 saturated heterocycles. The molecule has 2 aromatic rings. The van der Waals surface area contributed by atoms with Gasteiger partial charge in [-0.2, -0.15) is 0 Å². The van der Waals surface area contributed by atoms with E-state index in [2.05, 4.69) is 10.3 Å². The van der Waals surface area contributed by atoms with Crippen molar-refractivity contribution in [2.45, 2.75) is 19.4 Å². The summed E-state index contributed by atoms with van der Waals surface area (Å²) < 4.78 is 27.8. The molecule has 96 valence electrons. The normalized spacial score (nSPS) is 12.7. The third kappa shape index (κ3) is 2.57. The van der Waals surface area contributed by atoms with E-state index in [9.17, 15) is 8.78 Å². The Balaban J connectivity index is 2.35. The quantitative estimate of drug-likeness (QED) is 0.921. The average Bonchev–Trinajstić information content (AvgIpc) is 2.86. The Morgan fingerprint density at radius 3 is 2.78 bits per heavy atom. The van der Waals surface area contributed by atoms with Gasteiger partial charge in [-0.3, -0.25) is 4.98 Å². The molecule has 0 bridgehead atoms. The number of likely N-dealkylation sites (N-methyl/N-ethyl adjacent to an activating group) is 1. The van der Waals surface area contributed by atoms with Crippen molar-refractivity contribution in [2.24, 2.45) is 0 Å². The molecule has 1 heterocycles. The highest BCUT2D eigenvalue weighted by Crippen LogP contribution is 2.26. The van der Waals surface area contributed by atoms with E-state index < -0.39 is 11.6 Å². The van der Waals surface area contributed by atoms with E-state index >= 15 is 0 Å². The molecule has 1 atom stereocenters. The number of nitrogens with one attached hydrogen (secondary N) is 1. The van der Waals surface area contributed by atoms with Crippen molar-refractivity contribution in [3.8, 4) is 0 Å². The minimum atomic E-state index is -0.512. The average molecular weight is 268 g/mol. The van der Waals surface area contributed by atoms with Gasteiger partial charge >= 0.3 is 0 Å². The van der Waals surface area contributed by atoms with Gasteiger partial charge < -0.3 is 5.32 Å². The topological polar surface area (TPSA) is 24.9 Å². The fourth-order valence-corrected chi connectivity index (χ4v) is 2.53. The maximum absolute atomic E-state index is 14.0. The zero-order chi connectivity index (χ0) is 13.1. The van der Waals surface area contributed by atoms with Crippen LogP contribution in [0.25, 0.3) is 0 Å². The van der Waals surface area contributed by atoms with E-state index in [0.717, 1.165) is 4.88 Å². The number of benzene rings is 1. The number of halogens is 2. The molecule has 5 heteroatoms. The molecule has 1 unspecified atom stereocenters. The smallest absolute Gasteiger partial charge is 0.133 e. The first-order chi connectivity index (χ1) is 8.63. The first-order valence-electron chi connectivity index (χ1n) is 5.62. The molecule has 0 radical (unpaired) electrons. The molecule has 0 amide bonds. The van der Waals surface area contributed by atoms with Crippen molar-refractivity contribution in [3.05, 3.63) is 51.5 Å². The van der Waals surface area contributed by atoms with Crippen molar-refractivity contribution in [2.75, 3.05) is 7.05 Å². The van der Waals surface area contributed by atoms with Crippen LogP contribution in [-0.2, 0) is 6.42 Å². The molecule has 0 aliphatic rings. The Morgan fingerprint density at radius 1 is 1.39 bits per heavy atom. The Kier molecular flexibility index (Phi) is 4.04. The number of nitrogens with zero attached hydrogens (tertiary/aromatic N) is 1. The minimum Gasteiger partial charge on any atom is -0.313 e. The molecule has 1 aromatic carbocycles. The van der Waals surface area contributed by atoms with Crippen molar-refractivity contribution in [3.63, 3.8) is 0 Å². The fraction of sp³-hybridized carbons (Fsp3) is 0.308. The van der Waals surface area contributed by atoms with Crippen LogP contribution in [0, 0.1) is 18.6 Å². The molecule has 0 saturated carbocycles. The van der Waals surface area contributed by atoms with Gasteiger partial charge in [0.25, 0.3) is 0 Å². The predicted octanol–water partition coefficient (Wildman–Crippen LogP) is 3.23. The van der Waals surface area contributed by atoms with Gasteiger partial charge in [-0.05, 0) is 25.6 Å². The lowest BCUT2D eigenvalue weighted by atomic mass is 9.99. The maximum atomic E-state index is 14.0. The Labute approximate surface area is 109 Å². The number of rotatable bonds is 4. The summed E-state index contributed by atoms with van der Waals surface area (Å²) in [5.74, 6) is -0.985. The van der Waals surface area contributed by atoms with Crippen LogP contribution < -0.4 is 5.32 Å². The maximum Gasteiger partial charge on any atom is 0.133 e. The summed E-state index contributed by atoms with van der Waals surface area (Å²) in [5, 5.41) is 2.96. The molecule has 0 aliphatic heterocycles. The molecule has 1 N–H and O–H groups in total. The monoisotopic (exact) mass is 268 g/mol.